The van der Waals surface area contributed by atoms with E-state index < -0.39 is 0 Å². The van der Waals surface area contributed by atoms with Crippen LogP contribution in [0.2, 0.25) is 0 Å². The summed E-state index contributed by atoms with van der Waals surface area (Å²) >= 11 is 5.30. The minimum atomic E-state index is -0.320. The molecular formula is C13H15FN2OS. The number of nitrogens with zero attached hydrogens (tertiary/aromatic N) is 2. The maximum absolute atomic E-state index is 12.9. The highest BCUT2D eigenvalue weighted by Crippen LogP contribution is 2.22. The van der Waals surface area contributed by atoms with Gasteiger partial charge in [0.25, 0.3) is 5.91 Å². The van der Waals surface area contributed by atoms with E-state index in [4.69, 9.17) is 12.2 Å². The third kappa shape index (κ3) is 2.51. The SMILES string of the molecule is CCCCN1CC(=O)N(c2ccc(F)cc2)C1=S. The molecule has 0 N–H and O–H groups in total. The van der Waals surface area contributed by atoms with Crippen molar-refractivity contribution >= 4 is 28.9 Å². The molecule has 18 heavy (non-hydrogen) atoms. The molecule has 1 fully saturated rings. The molecule has 0 radical (unpaired) electrons. The summed E-state index contributed by atoms with van der Waals surface area (Å²) in [7, 11) is 0. The first-order valence-corrected chi connectivity index (χ1v) is 6.41. The van der Waals surface area contributed by atoms with Crippen LogP contribution in [0.1, 0.15) is 19.8 Å². The van der Waals surface area contributed by atoms with E-state index in [9.17, 15) is 9.18 Å². The van der Waals surface area contributed by atoms with Crippen molar-refractivity contribution in [3.05, 3.63) is 30.1 Å². The Morgan fingerprint density at radius 1 is 1.33 bits per heavy atom. The molecule has 96 valence electrons. The number of amides is 1. The molecule has 1 aromatic carbocycles. The summed E-state index contributed by atoms with van der Waals surface area (Å²) in [4.78, 5) is 15.3. The summed E-state index contributed by atoms with van der Waals surface area (Å²) in [5, 5.41) is 0.514. The second-order valence-electron chi connectivity index (χ2n) is 4.26. The van der Waals surface area contributed by atoms with Gasteiger partial charge >= 0.3 is 0 Å². The number of hydrogen-bond acceptors (Lipinski definition) is 2. The van der Waals surface area contributed by atoms with Crippen LogP contribution in [0.15, 0.2) is 24.3 Å². The van der Waals surface area contributed by atoms with E-state index >= 15 is 0 Å². The van der Waals surface area contributed by atoms with Gasteiger partial charge in [0.15, 0.2) is 5.11 Å². The van der Waals surface area contributed by atoms with Gasteiger partial charge in [-0.15, -0.1) is 0 Å². The minimum Gasteiger partial charge on any atom is -0.339 e. The van der Waals surface area contributed by atoms with E-state index in [-0.39, 0.29) is 11.7 Å². The van der Waals surface area contributed by atoms with E-state index in [0.717, 1.165) is 19.4 Å². The van der Waals surface area contributed by atoms with Gasteiger partial charge < -0.3 is 4.90 Å². The van der Waals surface area contributed by atoms with Crippen LogP contribution in [0.5, 0.6) is 0 Å². The topological polar surface area (TPSA) is 23.6 Å². The summed E-state index contributed by atoms with van der Waals surface area (Å²) in [5.41, 5.74) is 0.630. The molecule has 1 aliphatic rings. The number of anilines is 1. The summed E-state index contributed by atoms with van der Waals surface area (Å²) < 4.78 is 12.9. The highest BCUT2D eigenvalue weighted by Gasteiger charge is 2.33. The average molecular weight is 266 g/mol. The summed E-state index contributed by atoms with van der Waals surface area (Å²) in [5.74, 6) is -0.373. The fourth-order valence-corrected chi connectivity index (χ4v) is 2.28. The van der Waals surface area contributed by atoms with Crippen molar-refractivity contribution in [3.8, 4) is 0 Å². The zero-order valence-corrected chi connectivity index (χ0v) is 11.0. The van der Waals surface area contributed by atoms with Crippen molar-refractivity contribution in [1.82, 2.24) is 4.90 Å². The Morgan fingerprint density at radius 3 is 2.61 bits per heavy atom. The molecule has 1 heterocycles. The van der Waals surface area contributed by atoms with Crippen LogP contribution in [0.3, 0.4) is 0 Å². The average Bonchev–Trinajstić information content (AvgIpc) is 2.63. The molecule has 1 amide bonds. The molecule has 1 aromatic rings. The van der Waals surface area contributed by atoms with Gasteiger partial charge in [0.1, 0.15) is 5.82 Å². The van der Waals surface area contributed by atoms with Gasteiger partial charge in [0.2, 0.25) is 0 Å². The molecular weight excluding hydrogens is 251 g/mol. The Labute approximate surface area is 111 Å². The van der Waals surface area contributed by atoms with Gasteiger partial charge in [-0.05, 0) is 42.9 Å². The smallest absolute Gasteiger partial charge is 0.252 e. The normalized spacial score (nSPS) is 15.7. The van der Waals surface area contributed by atoms with Crippen LogP contribution in [0, 0.1) is 5.82 Å². The summed E-state index contributed by atoms with van der Waals surface area (Å²) in [6.45, 7) is 3.20. The van der Waals surface area contributed by atoms with E-state index in [0.29, 0.717) is 17.3 Å². The first-order chi connectivity index (χ1) is 8.63. The van der Waals surface area contributed by atoms with Gasteiger partial charge in [-0.3, -0.25) is 9.69 Å². The van der Waals surface area contributed by atoms with E-state index in [1.165, 1.54) is 17.0 Å². The van der Waals surface area contributed by atoms with E-state index in [1.54, 1.807) is 12.1 Å². The predicted molar refractivity (Wildman–Crippen MR) is 73.0 cm³/mol. The number of rotatable bonds is 4. The first-order valence-electron chi connectivity index (χ1n) is 6.01. The van der Waals surface area contributed by atoms with Crippen LogP contribution in [-0.2, 0) is 4.79 Å². The van der Waals surface area contributed by atoms with E-state index in [2.05, 4.69) is 6.92 Å². The second kappa shape index (κ2) is 5.44. The van der Waals surface area contributed by atoms with Crippen molar-refractivity contribution in [2.75, 3.05) is 18.0 Å². The molecule has 1 saturated heterocycles. The Bertz CT molecular complexity index is 461. The van der Waals surface area contributed by atoms with Crippen molar-refractivity contribution in [2.45, 2.75) is 19.8 Å². The number of halogens is 1. The molecule has 5 heteroatoms. The fraction of sp³-hybridized carbons (Fsp3) is 0.385. The Balaban J connectivity index is 2.16. The van der Waals surface area contributed by atoms with Crippen molar-refractivity contribution < 1.29 is 9.18 Å². The number of hydrogen-bond donors (Lipinski definition) is 0. The lowest BCUT2D eigenvalue weighted by Gasteiger charge is -2.20. The molecule has 2 rings (SSSR count). The Morgan fingerprint density at radius 2 is 2.00 bits per heavy atom. The molecule has 0 spiro atoms. The van der Waals surface area contributed by atoms with Gasteiger partial charge in [-0.2, -0.15) is 0 Å². The van der Waals surface area contributed by atoms with Gasteiger partial charge in [-0.1, -0.05) is 13.3 Å². The van der Waals surface area contributed by atoms with Gasteiger partial charge in [0, 0.05) is 6.54 Å². The van der Waals surface area contributed by atoms with Gasteiger partial charge in [0.05, 0.1) is 12.2 Å². The zero-order chi connectivity index (χ0) is 13.1. The zero-order valence-electron chi connectivity index (χ0n) is 10.2. The third-order valence-corrected chi connectivity index (χ3v) is 3.34. The molecule has 1 aliphatic heterocycles. The van der Waals surface area contributed by atoms with Crippen LogP contribution in [0.25, 0.3) is 0 Å². The molecule has 0 aliphatic carbocycles. The molecule has 0 unspecified atom stereocenters. The molecule has 0 atom stereocenters. The molecule has 0 bridgehead atoms. The third-order valence-electron chi connectivity index (χ3n) is 2.90. The standard InChI is InChI=1S/C13H15FN2OS/c1-2-3-8-15-9-12(17)16(13(15)18)11-6-4-10(14)5-7-11/h4-7H,2-3,8-9H2,1H3. The lowest BCUT2D eigenvalue weighted by atomic mass is 10.3. The lowest BCUT2D eigenvalue weighted by molar-refractivity contribution is -0.116. The second-order valence-corrected chi connectivity index (χ2v) is 4.63. The van der Waals surface area contributed by atoms with E-state index in [1.807, 2.05) is 4.90 Å². The molecule has 0 saturated carbocycles. The van der Waals surface area contributed by atoms with Crippen LogP contribution < -0.4 is 4.90 Å². The monoisotopic (exact) mass is 266 g/mol. The summed E-state index contributed by atoms with van der Waals surface area (Å²) in [6.07, 6.45) is 2.06. The number of thiocarbonyl (C=S) groups is 1. The maximum Gasteiger partial charge on any atom is 0.252 e. The first kappa shape index (κ1) is 13.0. The largest absolute Gasteiger partial charge is 0.339 e. The van der Waals surface area contributed by atoms with Gasteiger partial charge in [-0.25, -0.2) is 4.39 Å². The van der Waals surface area contributed by atoms with Crippen LogP contribution >= 0.6 is 12.2 Å². The van der Waals surface area contributed by atoms with Crippen LogP contribution in [-0.4, -0.2) is 29.0 Å². The quantitative estimate of drug-likeness (QED) is 0.783. The lowest BCUT2D eigenvalue weighted by Crippen LogP contribution is -2.33. The highest BCUT2D eigenvalue weighted by atomic mass is 32.1. The molecule has 3 nitrogen and oxygen atoms in total. The number of carbonyl (C=O) groups is 1. The van der Waals surface area contributed by atoms with Crippen molar-refractivity contribution in [2.24, 2.45) is 0 Å². The Kier molecular flexibility index (Phi) is 3.91. The predicted octanol–water partition coefficient (Wildman–Crippen LogP) is 2.56. The minimum absolute atomic E-state index is 0.0530. The van der Waals surface area contributed by atoms with Crippen molar-refractivity contribution in [3.63, 3.8) is 0 Å². The number of benzene rings is 1. The molecule has 0 aromatic heterocycles. The maximum atomic E-state index is 12.9. The fourth-order valence-electron chi connectivity index (χ4n) is 1.92. The van der Waals surface area contributed by atoms with Crippen LogP contribution in [0.4, 0.5) is 10.1 Å². The van der Waals surface area contributed by atoms with Crippen molar-refractivity contribution in [1.29, 1.82) is 0 Å². The number of carbonyl (C=O) groups excluding carboxylic acids is 1. The Hall–Kier alpha value is -1.49. The summed E-state index contributed by atoms with van der Waals surface area (Å²) in [6, 6.07) is 5.81. The highest BCUT2D eigenvalue weighted by molar-refractivity contribution is 7.80. The number of unbranched alkanes of at least 4 members (excludes halogenated alkanes) is 1.